The van der Waals surface area contributed by atoms with E-state index in [-0.39, 0.29) is 0 Å². The van der Waals surface area contributed by atoms with Crippen molar-refractivity contribution in [2.75, 3.05) is 17.7 Å². The Morgan fingerprint density at radius 1 is 1.25 bits per heavy atom. The Labute approximate surface area is 126 Å². The minimum atomic E-state index is 0.765. The number of nitrogen functional groups attached to an aromatic ring is 1. The maximum absolute atomic E-state index is 6.27. The van der Waals surface area contributed by atoms with Crippen LogP contribution in [0.25, 0.3) is 10.9 Å². The van der Waals surface area contributed by atoms with Crippen LogP contribution >= 0.6 is 22.9 Å². The van der Waals surface area contributed by atoms with E-state index >= 15 is 0 Å². The molecule has 5 heteroatoms. The van der Waals surface area contributed by atoms with Crippen LogP contribution in [0.5, 0.6) is 0 Å². The summed E-state index contributed by atoms with van der Waals surface area (Å²) < 4.78 is 0.809. The smallest absolute Gasteiger partial charge is 0.0931 e. The molecule has 3 aromatic rings. The second-order valence-corrected chi connectivity index (χ2v) is 6.43. The number of hydrogen-bond acceptors (Lipinski definition) is 4. The number of thiophene rings is 1. The number of halogens is 1. The molecule has 0 saturated heterocycles. The van der Waals surface area contributed by atoms with Gasteiger partial charge in [0, 0.05) is 23.5 Å². The molecule has 2 N–H and O–H groups in total. The van der Waals surface area contributed by atoms with Crippen LogP contribution in [0.4, 0.5) is 11.4 Å². The van der Waals surface area contributed by atoms with Crippen molar-refractivity contribution in [2.24, 2.45) is 0 Å². The number of fused-ring (bicyclic) bond motifs is 1. The number of hydrogen-bond donors (Lipinski definition) is 1. The highest BCUT2D eigenvalue weighted by Crippen LogP contribution is 2.31. The summed E-state index contributed by atoms with van der Waals surface area (Å²) in [6, 6.07) is 11.9. The number of nitrogens with zero attached hydrogens (tertiary/aromatic N) is 2. The van der Waals surface area contributed by atoms with Crippen LogP contribution in [-0.4, -0.2) is 12.0 Å². The lowest BCUT2D eigenvalue weighted by Gasteiger charge is -2.21. The van der Waals surface area contributed by atoms with Crippen molar-refractivity contribution in [1.29, 1.82) is 0 Å². The van der Waals surface area contributed by atoms with Crippen molar-refractivity contribution >= 4 is 45.2 Å². The van der Waals surface area contributed by atoms with Crippen molar-refractivity contribution in [1.82, 2.24) is 4.98 Å². The lowest BCUT2D eigenvalue weighted by molar-refractivity contribution is 0.943. The number of anilines is 2. The van der Waals surface area contributed by atoms with Crippen LogP contribution < -0.4 is 10.6 Å². The standard InChI is InChI=1S/C15H14ClN3S/c1-19(9-10-4-7-14(16)20-10)13-6-5-12-11(15(13)17)3-2-8-18-12/h2-8H,9,17H2,1H3. The normalized spacial score (nSPS) is 10.9. The van der Waals surface area contributed by atoms with Crippen LogP contribution in [0.3, 0.4) is 0 Å². The summed E-state index contributed by atoms with van der Waals surface area (Å²) in [5.41, 5.74) is 8.97. The minimum Gasteiger partial charge on any atom is -0.396 e. The third-order valence-electron chi connectivity index (χ3n) is 3.24. The number of pyridine rings is 1. The van der Waals surface area contributed by atoms with Gasteiger partial charge in [0.1, 0.15) is 0 Å². The van der Waals surface area contributed by atoms with E-state index in [9.17, 15) is 0 Å². The second-order valence-electron chi connectivity index (χ2n) is 4.63. The summed E-state index contributed by atoms with van der Waals surface area (Å²) in [5.74, 6) is 0. The zero-order valence-electron chi connectivity index (χ0n) is 11.0. The molecule has 0 radical (unpaired) electrons. The van der Waals surface area contributed by atoms with Crippen molar-refractivity contribution < 1.29 is 0 Å². The number of aromatic nitrogens is 1. The van der Waals surface area contributed by atoms with Crippen LogP contribution in [0.2, 0.25) is 4.34 Å². The summed E-state index contributed by atoms with van der Waals surface area (Å²) in [4.78, 5) is 7.66. The fourth-order valence-corrected chi connectivity index (χ4v) is 3.39. The lowest BCUT2D eigenvalue weighted by Crippen LogP contribution is -2.17. The molecule has 0 atom stereocenters. The number of nitrogens with two attached hydrogens (primary N) is 1. The first-order chi connectivity index (χ1) is 9.65. The van der Waals surface area contributed by atoms with Gasteiger partial charge in [-0.2, -0.15) is 0 Å². The summed E-state index contributed by atoms with van der Waals surface area (Å²) >= 11 is 7.56. The predicted molar refractivity (Wildman–Crippen MR) is 87.6 cm³/mol. The molecule has 3 rings (SSSR count). The van der Waals surface area contributed by atoms with E-state index in [1.807, 2.05) is 43.4 Å². The van der Waals surface area contributed by atoms with Gasteiger partial charge >= 0.3 is 0 Å². The molecule has 0 bridgehead atoms. The molecule has 0 aliphatic carbocycles. The van der Waals surface area contributed by atoms with Crippen molar-refractivity contribution in [3.8, 4) is 0 Å². The fourth-order valence-electron chi connectivity index (χ4n) is 2.25. The molecule has 0 spiro atoms. The molecule has 0 aliphatic rings. The molecule has 2 aromatic heterocycles. The molecule has 0 fully saturated rings. The molecule has 20 heavy (non-hydrogen) atoms. The predicted octanol–water partition coefficient (Wildman–Crippen LogP) is 4.17. The zero-order valence-corrected chi connectivity index (χ0v) is 12.6. The van der Waals surface area contributed by atoms with Crippen LogP contribution in [0.15, 0.2) is 42.6 Å². The zero-order chi connectivity index (χ0) is 14.1. The largest absolute Gasteiger partial charge is 0.396 e. The summed E-state index contributed by atoms with van der Waals surface area (Å²) in [7, 11) is 2.03. The van der Waals surface area contributed by atoms with E-state index in [2.05, 4.69) is 9.88 Å². The van der Waals surface area contributed by atoms with Crippen molar-refractivity contribution in [3.63, 3.8) is 0 Å². The fraction of sp³-hybridized carbons (Fsp3) is 0.133. The lowest BCUT2D eigenvalue weighted by atomic mass is 10.1. The quantitative estimate of drug-likeness (QED) is 0.738. The van der Waals surface area contributed by atoms with Gasteiger partial charge < -0.3 is 10.6 Å². The Balaban J connectivity index is 1.95. The highest BCUT2D eigenvalue weighted by Gasteiger charge is 2.10. The van der Waals surface area contributed by atoms with E-state index in [0.29, 0.717) is 0 Å². The minimum absolute atomic E-state index is 0.765. The van der Waals surface area contributed by atoms with Gasteiger partial charge in [-0.05, 0) is 36.4 Å². The highest BCUT2D eigenvalue weighted by molar-refractivity contribution is 7.16. The van der Waals surface area contributed by atoms with E-state index in [1.54, 1.807) is 17.5 Å². The Bertz CT molecular complexity index is 754. The van der Waals surface area contributed by atoms with Crippen LogP contribution in [-0.2, 0) is 6.54 Å². The van der Waals surface area contributed by atoms with E-state index in [1.165, 1.54) is 4.88 Å². The van der Waals surface area contributed by atoms with Gasteiger partial charge in [0.15, 0.2) is 0 Å². The third-order valence-corrected chi connectivity index (χ3v) is 4.45. The van der Waals surface area contributed by atoms with Gasteiger partial charge in [0.05, 0.1) is 27.8 Å². The Hall–Kier alpha value is -1.78. The van der Waals surface area contributed by atoms with E-state index < -0.39 is 0 Å². The average molecular weight is 304 g/mol. The van der Waals surface area contributed by atoms with E-state index in [0.717, 1.165) is 33.2 Å². The maximum Gasteiger partial charge on any atom is 0.0931 e. The first kappa shape index (κ1) is 13.2. The molecule has 0 unspecified atom stereocenters. The van der Waals surface area contributed by atoms with Gasteiger partial charge in [-0.3, -0.25) is 4.98 Å². The summed E-state index contributed by atoms with van der Waals surface area (Å²) in [5, 5.41) is 0.987. The summed E-state index contributed by atoms with van der Waals surface area (Å²) in [6.07, 6.45) is 1.78. The molecule has 0 saturated carbocycles. The van der Waals surface area contributed by atoms with Crippen LogP contribution in [0.1, 0.15) is 4.88 Å². The summed E-state index contributed by atoms with van der Waals surface area (Å²) in [6.45, 7) is 0.785. The molecule has 3 nitrogen and oxygen atoms in total. The average Bonchev–Trinajstić information content (AvgIpc) is 2.84. The molecule has 1 aromatic carbocycles. The third kappa shape index (κ3) is 2.44. The maximum atomic E-state index is 6.27. The van der Waals surface area contributed by atoms with Crippen molar-refractivity contribution in [2.45, 2.75) is 6.54 Å². The molecule has 0 aliphatic heterocycles. The van der Waals surface area contributed by atoms with E-state index in [4.69, 9.17) is 17.3 Å². The van der Waals surface area contributed by atoms with Gasteiger partial charge in [-0.25, -0.2) is 0 Å². The first-order valence-corrected chi connectivity index (χ1v) is 7.43. The monoisotopic (exact) mass is 303 g/mol. The van der Waals surface area contributed by atoms with Gasteiger partial charge in [-0.15, -0.1) is 11.3 Å². The molecular weight excluding hydrogens is 290 g/mol. The second kappa shape index (κ2) is 5.31. The molecule has 102 valence electrons. The topological polar surface area (TPSA) is 42.2 Å². The van der Waals surface area contributed by atoms with Gasteiger partial charge in [-0.1, -0.05) is 11.6 Å². The first-order valence-electron chi connectivity index (χ1n) is 6.24. The Kier molecular flexibility index (Phi) is 3.51. The highest BCUT2D eigenvalue weighted by atomic mass is 35.5. The van der Waals surface area contributed by atoms with Gasteiger partial charge in [0.2, 0.25) is 0 Å². The number of benzene rings is 1. The molecule has 0 amide bonds. The van der Waals surface area contributed by atoms with Crippen LogP contribution in [0, 0.1) is 0 Å². The van der Waals surface area contributed by atoms with Gasteiger partial charge in [0.25, 0.3) is 0 Å². The van der Waals surface area contributed by atoms with Crippen molar-refractivity contribution in [3.05, 3.63) is 51.8 Å². The number of rotatable bonds is 3. The Morgan fingerprint density at radius 2 is 2.10 bits per heavy atom. The molecule has 2 heterocycles. The SMILES string of the molecule is CN(Cc1ccc(Cl)s1)c1ccc2ncccc2c1N. The Morgan fingerprint density at radius 3 is 2.85 bits per heavy atom. The molecular formula is C15H14ClN3S.